The lowest BCUT2D eigenvalue weighted by atomic mass is 9.96. The molecule has 2 aliphatic rings. The second-order valence-electron chi connectivity index (χ2n) is 4.79. The first-order valence-electron chi connectivity index (χ1n) is 6.66. The number of rotatable bonds is 3. The van der Waals surface area contributed by atoms with E-state index < -0.39 is 0 Å². The molecular formula is C12H19N3O2S2. The Morgan fingerprint density at radius 3 is 3.11 bits per heavy atom. The third-order valence-corrected chi connectivity index (χ3v) is 6.36. The molecule has 19 heavy (non-hydrogen) atoms. The molecular weight excluding hydrogens is 282 g/mol. The van der Waals surface area contributed by atoms with E-state index >= 15 is 0 Å². The first-order chi connectivity index (χ1) is 9.38. The van der Waals surface area contributed by atoms with Crippen molar-refractivity contribution in [3.05, 3.63) is 11.7 Å². The van der Waals surface area contributed by atoms with Gasteiger partial charge in [0.2, 0.25) is 5.89 Å². The Kier molecular flexibility index (Phi) is 4.68. The summed E-state index contributed by atoms with van der Waals surface area (Å²) in [6.07, 6.45) is 0.993. The zero-order valence-corrected chi connectivity index (χ0v) is 12.6. The predicted molar refractivity (Wildman–Crippen MR) is 77.8 cm³/mol. The van der Waals surface area contributed by atoms with Gasteiger partial charge in [0.25, 0.3) is 0 Å². The largest absolute Gasteiger partial charge is 0.381 e. The fourth-order valence-corrected chi connectivity index (χ4v) is 5.08. The van der Waals surface area contributed by atoms with E-state index in [2.05, 4.69) is 15.5 Å². The average Bonchev–Trinajstić information content (AvgIpc) is 2.98. The van der Waals surface area contributed by atoms with Crippen LogP contribution in [0.3, 0.4) is 0 Å². The van der Waals surface area contributed by atoms with Crippen LogP contribution in [0.1, 0.15) is 29.3 Å². The van der Waals surface area contributed by atoms with Gasteiger partial charge in [-0.2, -0.15) is 16.7 Å². The van der Waals surface area contributed by atoms with E-state index in [0.717, 1.165) is 30.5 Å². The molecule has 2 aliphatic heterocycles. The third kappa shape index (κ3) is 3.09. The molecule has 0 aliphatic carbocycles. The summed E-state index contributed by atoms with van der Waals surface area (Å²) in [4.78, 5) is 4.62. The second-order valence-corrected chi connectivity index (χ2v) is 7.25. The van der Waals surface area contributed by atoms with Crippen molar-refractivity contribution < 1.29 is 9.26 Å². The highest BCUT2D eigenvalue weighted by molar-refractivity contribution is 8.06. The summed E-state index contributed by atoms with van der Waals surface area (Å²) in [6, 6.07) is 0.371. The maximum Gasteiger partial charge on any atom is 0.233 e. The Balaban J connectivity index is 1.72. The van der Waals surface area contributed by atoms with Crippen LogP contribution in [-0.4, -0.2) is 53.7 Å². The molecule has 2 fully saturated rings. The lowest BCUT2D eigenvalue weighted by molar-refractivity contribution is 0.0516. The van der Waals surface area contributed by atoms with E-state index in [0.29, 0.717) is 17.9 Å². The number of hydrogen-bond donors (Lipinski definition) is 1. The van der Waals surface area contributed by atoms with Gasteiger partial charge in [0.15, 0.2) is 5.82 Å². The Morgan fingerprint density at radius 2 is 2.32 bits per heavy atom. The molecule has 0 spiro atoms. The molecule has 3 atom stereocenters. The summed E-state index contributed by atoms with van der Waals surface area (Å²) in [5.41, 5.74) is 0. The first-order valence-corrected chi connectivity index (χ1v) is 8.86. The smallest absolute Gasteiger partial charge is 0.233 e. The van der Waals surface area contributed by atoms with E-state index in [4.69, 9.17) is 9.26 Å². The molecule has 2 saturated heterocycles. The molecule has 1 N–H and O–H groups in total. The molecule has 0 radical (unpaired) electrons. The van der Waals surface area contributed by atoms with Gasteiger partial charge in [-0.3, -0.25) is 0 Å². The van der Waals surface area contributed by atoms with Crippen molar-refractivity contribution in [3.8, 4) is 0 Å². The summed E-state index contributed by atoms with van der Waals surface area (Å²) >= 11 is 3.90. The molecule has 1 aromatic heterocycles. The number of aromatic nitrogens is 2. The highest BCUT2D eigenvalue weighted by Crippen LogP contribution is 2.36. The van der Waals surface area contributed by atoms with Crippen molar-refractivity contribution in [2.45, 2.75) is 23.6 Å². The van der Waals surface area contributed by atoms with Crippen LogP contribution in [0.5, 0.6) is 0 Å². The highest BCUT2D eigenvalue weighted by atomic mass is 32.2. The summed E-state index contributed by atoms with van der Waals surface area (Å²) in [6.45, 7) is 1.47. The van der Waals surface area contributed by atoms with Gasteiger partial charge in [-0.05, 0) is 13.5 Å². The maximum absolute atomic E-state index is 5.55. The van der Waals surface area contributed by atoms with Gasteiger partial charge >= 0.3 is 0 Å². The molecule has 0 bridgehead atoms. The van der Waals surface area contributed by atoms with Crippen LogP contribution < -0.4 is 5.32 Å². The maximum atomic E-state index is 5.55. The SMILES string of the molecule is CNC1CCOCC1c1nc(C2CSCCS2)no1. The molecule has 3 rings (SSSR count). The van der Waals surface area contributed by atoms with Gasteiger partial charge in [-0.15, -0.1) is 11.8 Å². The van der Waals surface area contributed by atoms with Crippen LogP contribution in [0.2, 0.25) is 0 Å². The Morgan fingerprint density at radius 1 is 1.37 bits per heavy atom. The number of nitrogens with zero attached hydrogens (tertiary/aromatic N) is 2. The van der Waals surface area contributed by atoms with E-state index in [1.54, 1.807) is 0 Å². The number of likely N-dealkylation sites (N-methyl/N-ethyl adjacent to an activating group) is 1. The summed E-state index contributed by atoms with van der Waals surface area (Å²) < 4.78 is 11.0. The zero-order valence-electron chi connectivity index (χ0n) is 11.0. The van der Waals surface area contributed by atoms with Gasteiger partial charge in [0, 0.05) is 29.9 Å². The molecule has 0 aromatic carbocycles. The van der Waals surface area contributed by atoms with Gasteiger partial charge in [-0.25, -0.2) is 0 Å². The normalized spacial score (nSPS) is 32.4. The Bertz CT molecular complexity index is 409. The zero-order chi connectivity index (χ0) is 13.1. The topological polar surface area (TPSA) is 60.2 Å². The van der Waals surface area contributed by atoms with Gasteiger partial charge in [-0.1, -0.05) is 5.16 Å². The van der Waals surface area contributed by atoms with Crippen molar-refractivity contribution in [1.29, 1.82) is 0 Å². The molecule has 7 heteroatoms. The lowest BCUT2D eigenvalue weighted by Crippen LogP contribution is -2.39. The van der Waals surface area contributed by atoms with Crippen LogP contribution in [0.4, 0.5) is 0 Å². The van der Waals surface area contributed by atoms with Crippen molar-refractivity contribution >= 4 is 23.5 Å². The first kappa shape index (κ1) is 13.7. The molecule has 0 saturated carbocycles. The lowest BCUT2D eigenvalue weighted by Gasteiger charge is -2.28. The molecule has 3 unspecified atom stereocenters. The number of ether oxygens (including phenoxy) is 1. The van der Waals surface area contributed by atoms with Gasteiger partial charge in [0.05, 0.1) is 17.8 Å². The van der Waals surface area contributed by atoms with Crippen LogP contribution in [-0.2, 0) is 4.74 Å². The van der Waals surface area contributed by atoms with Crippen molar-refractivity contribution in [2.75, 3.05) is 37.5 Å². The molecule has 0 amide bonds. The number of hydrogen-bond acceptors (Lipinski definition) is 7. The number of thioether (sulfide) groups is 2. The van der Waals surface area contributed by atoms with Crippen molar-refractivity contribution in [3.63, 3.8) is 0 Å². The molecule has 3 heterocycles. The quantitative estimate of drug-likeness (QED) is 0.911. The predicted octanol–water partition coefficient (Wildman–Crippen LogP) is 1.68. The van der Waals surface area contributed by atoms with E-state index in [1.165, 1.54) is 11.5 Å². The average molecular weight is 301 g/mol. The van der Waals surface area contributed by atoms with Crippen LogP contribution >= 0.6 is 23.5 Å². The highest BCUT2D eigenvalue weighted by Gasteiger charge is 2.32. The molecule has 5 nitrogen and oxygen atoms in total. The second kappa shape index (κ2) is 6.47. The van der Waals surface area contributed by atoms with Crippen LogP contribution in [0.25, 0.3) is 0 Å². The monoisotopic (exact) mass is 301 g/mol. The minimum absolute atomic E-state index is 0.182. The minimum Gasteiger partial charge on any atom is -0.381 e. The molecule has 1 aromatic rings. The van der Waals surface area contributed by atoms with E-state index in [-0.39, 0.29) is 5.92 Å². The Hall–Kier alpha value is -0.240. The van der Waals surface area contributed by atoms with E-state index in [9.17, 15) is 0 Å². The standard InChI is InChI=1S/C12H19N3O2S2/c1-13-9-2-3-16-6-8(9)12-14-11(15-17-12)10-7-18-4-5-19-10/h8-10,13H,2-7H2,1H3. The van der Waals surface area contributed by atoms with Crippen molar-refractivity contribution in [1.82, 2.24) is 15.5 Å². The third-order valence-electron chi connectivity index (χ3n) is 3.61. The van der Waals surface area contributed by atoms with Gasteiger partial charge in [0.1, 0.15) is 0 Å². The number of nitrogens with one attached hydrogen (secondary N) is 1. The summed E-state index contributed by atoms with van der Waals surface area (Å²) in [5, 5.41) is 7.89. The Labute approximate surface area is 121 Å². The molecule has 106 valence electrons. The minimum atomic E-state index is 0.182. The fraction of sp³-hybridized carbons (Fsp3) is 0.833. The fourth-order valence-electron chi connectivity index (χ4n) is 2.49. The van der Waals surface area contributed by atoms with Crippen LogP contribution in [0, 0.1) is 0 Å². The van der Waals surface area contributed by atoms with E-state index in [1.807, 2.05) is 30.6 Å². The van der Waals surface area contributed by atoms with Gasteiger partial charge < -0.3 is 14.6 Å². The van der Waals surface area contributed by atoms with Crippen LogP contribution in [0.15, 0.2) is 4.52 Å². The summed E-state index contributed by atoms with van der Waals surface area (Å²) in [7, 11) is 1.98. The summed E-state index contributed by atoms with van der Waals surface area (Å²) in [5.74, 6) is 5.24. The van der Waals surface area contributed by atoms with Crippen molar-refractivity contribution in [2.24, 2.45) is 0 Å².